The first-order valence-electron chi connectivity index (χ1n) is 10.2. The summed E-state index contributed by atoms with van der Waals surface area (Å²) < 4.78 is 27.7. The molecule has 0 saturated carbocycles. The van der Waals surface area contributed by atoms with Crippen molar-refractivity contribution < 1.29 is 18.0 Å². The molecular weight excluding hydrogens is 448 g/mol. The zero-order valence-electron chi connectivity index (χ0n) is 18.2. The molecule has 1 amide bonds. The molecule has 0 bridgehead atoms. The molecular formula is C21H28N6O5S. The van der Waals surface area contributed by atoms with E-state index >= 15 is 0 Å². The summed E-state index contributed by atoms with van der Waals surface area (Å²) in [6, 6.07) is 9.42. The number of aryl methyl sites for hydroxylation is 1. The first-order chi connectivity index (χ1) is 15.6. The van der Waals surface area contributed by atoms with Crippen molar-refractivity contribution in [3.05, 3.63) is 58.5 Å². The number of nitrogens with one attached hydrogen (secondary N) is 4. The van der Waals surface area contributed by atoms with Crippen LogP contribution in [0, 0.1) is 5.41 Å². The third-order valence-corrected chi connectivity index (χ3v) is 6.04. The molecule has 12 heteroatoms. The maximum absolute atomic E-state index is 12.7. The van der Waals surface area contributed by atoms with Crippen molar-refractivity contribution >= 4 is 39.6 Å². The number of aromatic amines is 1. The fraction of sp³-hybridized carbons (Fsp3) is 0.333. The van der Waals surface area contributed by atoms with Gasteiger partial charge in [-0.2, -0.15) is 0 Å². The molecule has 0 fully saturated rings. The van der Waals surface area contributed by atoms with Crippen molar-refractivity contribution in [3.63, 3.8) is 0 Å². The van der Waals surface area contributed by atoms with E-state index in [1.54, 1.807) is 24.3 Å². The average molecular weight is 477 g/mol. The number of nitrogens with two attached hydrogens (primary N) is 1. The van der Waals surface area contributed by atoms with Gasteiger partial charge in [-0.25, -0.2) is 8.42 Å². The van der Waals surface area contributed by atoms with Gasteiger partial charge in [-0.3, -0.25) is 19.7 Å². The van der Waals surface area contributed by atoms with E-state index in [0.717, 1.165) is 10.5 Å². The quantitative estimate of drug-likeness (QED) is 0.128. The number of aromatic nitrogens is 1. The number of rotatable bonds is 12. The van der Waals surface area contributed by atoms with Crippen LogP contribution in [0.5, 0.6) is 0 Å². The van der Waals surface area contributed by atoms with Crippen molar-refractivity contribution in [1.29, 1.82) is 5.41 Å². The third kappa shape index (κ3) is 7.75. The van der Waals surface area contributed by atoms with Crippen molar-refractivity contribution in [3.8, 4) is 0 Å². The number of benzene rings is 1. The first-order valence-corrected chi connectivity index (χ1v) is 11.9. The molecule has 1 aromatic heterocycles. The second-order valence-corrected chi connectivity index (χ2v) is 9.14. The van der Waals surface area contributed by atoms with Crippen LogP contribution in [-0.4, -0.2) is 49.9 Å². The summed E-state index contributed by atoms with van der Waals surface area (Å²) in [7, 11) is -3.94. The van der Waals surface area contributed by atoms with E-state index < -0.39 is 27.5 Å². The van der Waals surface area contributed by atoms with E-state index in [9.17, 15) is 22.8 Å². The SMILES string of the molecule is CC(=O)N(c1cc[nH]c(=O)c1NS(=O)(=O)CCc1ccccc1)[C@H](C=O)CCCNC(=N)N. The topological polar surface area (TPSA) is 178 Å². The molecule has 0 spiro atoms. The van der Waals surface area contributed by atoms with E-state index in [0.29, 0.717) is 19.3 Å². The number of guanidine groups is 1. The number of hydrogen-bond donors (Lipinski definition) is 5. The predicted molar refractivity (Wildman–Crippen MR) is 127 cm³/mol. The van der Waals surface area contributed by atoms with Gasteiger partial charge < -0.3 is 25.7 Å². The number of sulfonamides is 1. The Morgan fingerprint density at radius 2 is 1.97 bits per heavy atom. The molecule has 0 radical (unpaired) electrons. The Morgan fingerprint density at radius 1 is 1.27 bits per heavy atom. The molecule has 178 valence electrons. The number of hydrogen-bond acceptors (Lipinski definition) is 6. The van der Waals surface area contributed by atoms with Gasteiger partial charge >= 0.3 is 0 Å². The lowest BCUT2D eigenvalue weighted by Crippen LogP contribution is -2.42. The van der Waals surface area contributed by atoms with Crippen LogP contribution in [0.3, 0.4) is 0 Å². The van der Waals surface area contributed by atoms with Gasteiger partial charge in [-0.15, -0.1) is 0 Å². The zero-order valence-corrected chi connectivity index (χ0v) is 19.0. The highest BCUT2D eigenvalue weighted by atomic mass is 32.2. The van der Waals surface area contributed by atoms with Crippen molar-refractivity contribution in [1.82, 2.24) is 10.3 Å². The van der Waals surface area contributed by atoms with E-state index in [2.05, 4.69) is 15.0 Å². The highest BCUT2D eigenvalue weighted by Crippen LogP contribution is 2.26. The van der Waals surface area contributed by atoms with E-state index in [1.807, 2.05) is 6.07 Å². The standard InChI is InChI=1S/C21H28N6O5S/c1-15(29)27(17(14-28)8-5-11-25-21(22)23)18-9-12-24-20(30)19(18)26-33(31,32)13-10-16-6-3-2-4-7-16/h2-4,6-7,9,12,14,17,26H,5,8,10-11,13H2,1H3,(H,24,30)(H4,22,23,25)/t17-/m0/s1. The van der Waals surface area contributed by atoms with E-state index in [1.165, 1.54) is 19.2 Å². The molecule has 1 atom stereocenters. The molecule has 0 aliphatic heterocycles. The average Bonchev–Trinajstić information content (AvgIpc) is 2.76. The summed E-state index contributed by atoms with van der Waals surface area (Å²) >= 11 is 0. The normalized spacial score (nSPS) is 11.9. The van der Waals surface area contributed by atoms with Crippen LogP contribution in [-0.2, 0) is 26.0 Å². The predicted octanol–water partition coefficient (Wildman–Crippen LogP) is 0.543. The van der Waals surface area contributed by atoms with E-state index in [-0.39, 0.29) is 35.9 Å². The second-order valence-electron chi connectivity index (χ2n) is 7.30. The summed E-state index contributed by atoms with van der Waals surface area (Å²) in [5.74, 6) is -1.04. The third-order valence-electron chi connectivity index (χ3n) is 4.78. The van der Waals surface area contributed by atoms with Crippen LogP contribution in [0.4, 0.5) is 11.4 Å². The smallest absolute Gasteiger partial charge is 0.274 e. The zero-order chi connectivity index (χ0) is 24.4. The van der Waals surface area contributed by atoms with Gasteiger partial charge in [0, 0.05) is 19.7 Å². The monoisotopic (exact) mass is 476 g/mol. The van der Waals surface area contributed by atoms with Gasteiger partial charge in [-0.05, 0) is 30.9 Å². The fourth-order valence-electron chi connectivity index (χ4n) is 3.24. The van der Waals surface area contributed by atoms with E-state index in [4.69, 9.17) is 11.1 Å². The van der Waals surface area contributed by atoms with Crippen molar-refractivity contribution in [2.45, 2.75) is 32.2 Å². The summed E-state index contributed by atoms with van der Waals surface area (Å²) in [5.41, 5.74) is 4.94. The maximum Gasteiger partial charge on any atom is 0.274 e. The highest BCUT2D eigenvalue weighted by molar-refractivity contribution is 7.92. The minimum atomic E-state index is -3.94. The number of amides is 1. The van der Waals surface area contributed by atoms with Crippen LogP contribution in [0.15, 0.2) is 47.4 Å². The van der Waals surface area contributed by atoms with Crippen molar-refractivity contribution in [2.75, 3.05) is 21.9 Å². The second kappa shape index (κ2) is 11.8. The molecule has 1 heterocycles. The molecule has 11 nitrogen and oxygen atoms in total. The molecule has 0 aliphatic carbocycles. The lowest BCUT2D eigenvalue weighted by Gasteiger charge is -2.29. The van der Waals surface area contributed by atoms with Crippen LogP contribution in [0.25, 0.3) is 0 Å². The Labute approximate surface area is 191 Å². The molecule has 0 saturated heterocycles. The lowest BCUT2D eigenvalue weighted by atomic mass is 10.1. The fourth-order valence-corrected chi connectivity index (χ4v) is 4.36. The molecule has 0 aliphatic rings. The Morgan fingerprint density at radius 3 is 2.58 bits per heavy atom. The number of carbonyl (C=O) groups excluding carboxylic acids is 2. The van der Waals surface area contributed by atoms with Gasteiger partial charge in [0.2, 0.25) is 15.9 Å². The first kappa shape index (κ1) is 25.6. The Kier molecular flexibility index (Phi) is 9.16. The largest absolute Gasteiger partial charge is 0.370 e. The minimum Gasteiger partial charge on any atom is -0.370 e. The van der Waals surface area contributed by atoms with Crippen LogP contribution >= 0.6 is 0 Å². The Bertz CT molecular complexity index is 1130. The van der Waals surface area contributed by atoms with Gasteiger partial charge in [-0.1, -0.05) is 30.3 Å². The number of carbonyl (C=O) groups is 2. The number of aldehydes is 1. The molecule has 2 rings (SSSR count). The number of H-pyrrole nitrogens is 1. The molecule has 6 N–H and O–H groups in total. The van der Waals surface area contributed by atoms with Crippen LogP contribution in [0.2, 0.25) is 0 Å². The number of anilines is 2. The molecule has 33 heavy (non-hydrogen) atoms. The number of pyridine rings is 1. The Hall–Kier alpha value is -3.67. The summed E-state index contributed by atoms with van der Waals surface area (Å²) in [5, 5.41) is 9.77. The number of nitrogens with zero attached hydrogens (tertiary/aromatic N) is 1. The van der Waals surface area contributed by atoms with Gasteiger partial charge in [0.05, 0.1) is 17.5 Å². The van der Waals surface area contributed by atoms with Crippen molar-refractivity contribution in [2.24, 2.45) is 5.73 Å². The maximum atomic E-state index is 12.7. The minimum absolute atomic E-state index is 0.0221. The summed E-state index contributed by atoms with van der Waals surface area (Å²) in [4.78, 5) is 40.2. The molecule has 2 aromatic rings. The van der Waals surface area contributed by atoms with Gasteiger partial charge in [0.1, 0.15) is 12.0 Å². The Balaban J connectivity index is 2.28. The van der Waals surface area contributed by atoms with Crippen LogP contribution in [0.1, 0.15) is 25.3 Å². The highest BCUT2D eigenvalue weighted by Gasteiger charge is 2.27. The molecule has 1 aromatic carbocycles. The summed E-state index contributed by atoms with van der Waals surface area (Å²) in [6.45, 7) is 1.53. The van der Waals surface area contributed by atoms with Crippen LogP contribution < -0.4 is 26.2 Å². The summed E-state index contributed by atoms with van der Waals surface area (Å²) in [6.07, 6.45) is 2.66. The van der Waals surface area contributed by atoms with Gasteiger partial charge in [0.25, 0.3) is 5.56 Å². The lowest BCUT2D eigenvalue weighted by molar-refractivity contribution is -0.119. The van der Waals surface area contributed by atoms with Gasteiger partial charge in [0.15, 0.2) is 5.96 Å². The molecule has 0 unspecified atom stereocenters.